The van der Waals surface area contributed by atoms with Crippen molar-refractivity contribution in [1.29, 1.82) is 0 Å². The van der Waals surface area contributed by atoms with Crippen LogP contribution in [-0.4, -0.2) is 42.7 Å². The standard InChI is InChI=1S/C26H30Cl2N2O4/c1-15-24-23(16-3-5-17(27)6-4-16)20(9-10-26(24,2)25(33)30-15)19-8-7-18(13-21(19)28)34-14-22(32)29-11-12-31/h3-8,13,15,20,23-24,31H,9-12,14H2,1-2H3,(H,29,32)(H,30,33)/t15-,20+,23+,24+,26-/m1/s1. The van der Waals surface area contributed by atoms with Crippen molar-refractivity contribution >= 4 is 35.0 Å². The molecule has 1 saturated carbocycles. The van der Waals surface area contributed by atoms with Gasteiger partial charge in [-0.1, -0.05) is 48.3 Å². The highest BCUT2D eigenvalue weighted by Crippen LogP contribution is 2.59. The Kier molecular flexibility index (Phi) is 7.41. The second-order valence-electron chi connectivity index (χ2n) is 9.47. The molecule has 3 N–H and O–H groups in total. The number of carbonyl (C=O) groups excluding carboxylic acids is 2. The predicted molar refractivity (Wildman–Crippen MR) is 132 cm³/mol. The van der Waals surface area contributed by atoms with Gasteiger partial charge in [0, 0.05) is 28.5 Å². The fraction of sp³-hybridized carbons (Fsp3) is 0.462. The maximum atomic E-state index is 12.9. The summed E-state index contributed by atoms with van der Waals surface area (Å²) in [5.74, 6) is 0.625. The van der Waals surface area contributed by atoms with Gasteiger partial charge in [-0.15, -0.1) is 0 Å². The molecule has 8 heteroatoms. The zero-order valence-corrected chi connectivity index (χ0v) is 20.8. The van der Waals surface area contributed by atoms with E-state index in [0.717, 1.165) is 24.0 Å². The van der Waals surface area contributed by atoms with Crippen LogP contribution in [0.4, 0.5) is 0 Å². The third-order valence-corrected chi connectivity index (χ3v) is 7.96. The fourth-order valence-corrected chi connectivity index (χ4v) is 6.24. The molecule has 0 spiro atoms. The van der Waals surface area contributed by atoms with E-state index in [9.17, 15) is 9.59 Å². The molecule has 1 aliphatic carbocycles. The van der Waals surface area contributed by atoms with Gasteiger partial charge >= 0.3 is 0 Å². The number of carbonyl (C=O) groups is 2. The average molecular weight is 505 g/mol. The largest absolute Gasteiger partial charge is 0.484 e. The molecule has 2 aromatic rings. The highest BCUT2D eigenvalue weighted by atomic mass is 35.5. The van der Waals surface area contributed by atoms with Gasteiger partial charge in [-0.05, 0) is 67.0 Å². The third-order valence-electron chi connectivity index (χ3n) is 7.38. The number of amides is 2. The lowest BCUT2D eigenvalue weighted by Gasteiger charge is -2.46. The van der Waals surface area contributed by atoms with Gasteiger partial charge in [0.1, 0.15) is 5.75 Å². The first kappa shape index (κ1) is 24.8. The van der Waals surface area contributed by atoms with Gasteiger partial charge in [0.05, 0.1) is 12.0 Å². The van der Waals surface area contributed by atoms with Crippen LogP contribution in [0.1, 0.15) is 49.7 Å². The zero-order valence-electron chi connectivity index (χ0n) is 19.3. The molecule has 1 saturated heterocycles. The molecule has 1 heterocycles. The van der Waals surface area contributed by atoms with E-state index >= 15 is 0 Å². The Hall–Kier alpha value is -2.28. The highest BCUT2D eigenvalue weighted by Gasteiger charge is 2.57. The fourth-order valence-electron chi connectivity index (χ4n) is 5.80. The summed E-state index contributed by atoms with van der Waals surface area (Å²) in [6.45, 7) is 4.07. The molecule has 0 radical (unpaired) electrons. The van der Waals surface area contributed by atoms with Crippen LogP contribution < -0.4 is 15.4 Å². The van der Waals surface area contributed by atoms with E-state index in [1.807, 2.05) is 24.3 Å². The first-order valence-corrected chi connectivity index (χ1v) is 12.4. The Labute approximate surface area is 210 Å². The Balaban J connectivity index is 1.63. The van der Waals surface area contributed by atoms with Crippen molar-refractivity contribution in [1.82, 2.24) is 10.6 Å². The average Bonchev–Trinajstić information content (AvgIpc) is 3.04. The molecule has 2 aliphatic rings. The van der Waals surface area contributed by atoms with Crippen LogP contribution in [0.2, 0.25) is 10.0 Å². The van der Waals surface area contributed by atoms with E-state index in [1.165, 1.54) is 0 Å². The van der Waals surface area contributed by atoms with Gasteiger partial charge in [0.2, 0.25) is 5.91 Å². The Bertz CT molecular complexity index is 1060. The van der Waals surface area contributed by atoms with Gasteiger partial charge < -0.3 is 20.5 Å². The molecule has 5 atom stereocenters. The minimum Gasteiger partial charge on any atom is -0.484 e. The second-order valence-corrected chi connectivity index (χ2v) is 10.3. The number of benzene rings is 2. The Morgan fingerprint density at radius 3 is 2.65 bits per heavy atom. The summed E-state index contributed by atoms with van der Waals surface area (Å²) < 4.78 is 5.58. The molecule has 0 aromatic heterocycles. The number of halogens is 2. The third kappa shape index (κ3) is 4.77. The molecular formula is C26H30Cl2N2O4. The van der Waals surface area contributed by atoms with Crippen LogP contribution in [0, 0.1) is 11.3 Å². The minimum absolute atomic E-state index is 0.0415. The Morgan fingerprint density at radius 2 is 1.97 bits per heavy atom. The number of rotatable bonds is 7. The number of aliphatic hydroxyl groups is 1. The van der Waals surface area contributed by atoms with Crippen LogP contribution in [0.15, 0.2) is 42.5 Å². The summed E-state index contributed by atoms with van der Waals surface area (Å²) in [7, 11) is 0. The molecule has 4 rings (SSSR count). The molecule has 0 unspecified atom stereocenters. The highest BCUT2D eigenvalue weighted by molar-refractivity contribution is 6.31. The maximum absolute atomic E-state index is 12.9. The van der Waals surface area contributed by atoms with Crippen molar-refractivity contribution in [2.45, 2.75) is 44.6 Å². The van der Waals surface area contributed by atoms with Crippen molar-refractivity contribution in [3.8, 4) is 5.75 Å². The molecule has 6 nitrogen and oxygen atoms in total. The van der Waals surface area contributed by atoms with Crippen LogP contribution in [0.25, 0.3) is 0 Å². The van der Waals surface area contributed by atoms with Gasteiger partial charge in [-0.25, -0.2) is 0 Å². The van der Waals surface area contributed by atoms with Crippen LogP contribution in [-0.2, 0) is 9.59 Å². The molecule has 2 aromatic carbocycles. The van der Waals surface area contributed by atoms with E-state index in [2.05, 4.69) is 36.6 Å². The van der Waals surface area contributed by atoms with Crippen molar-refractivity contribution in [3.05, 3.63) is 63.6 Å². The number of hydrogen-bond donors (Lipinski definition) is 3. The van der Waals surface area contributed by atoms with Crippen LogP contribution in [0.5, 0.6) is 5.75 Å². The number of aliphatic hydroxyl groups excluding tert-OH is 1. The van der Waals surface area contributed by atoms with Crippen LogP contribution in [0.3, 0.4) is 0 Å². The molecule has 2 amide bonds. The quantitative estimate of drug-likeness (QED) is 0.524. The normalized spacial score (nSPS) is 28.2. The lowest BCUT2D eigenvalue weighted by atomic mass is 9.56. The molecule has 2 fully saturated rings. The topological polar surface area (TPSA) is 87.7 Å². The summed E-state index contributed by atoms with van der Waals surface area (Å²) >= 11 is 12.9. The first-order chi connectivity index (χ1) is 16.2. The van der Waals surface area contributed by atoms with Gasteiger partial charge in [0.15, 0.2) is 6.61 Å². The summed E-state index contributed by atoms with van der Waals surface area (Å²) in [6.07, 6.45) is 1.60. The Morgan fingerprint density at radius 1 is 1.24 bits per heavy atom. The van der Waals surface area contributed by atoms with Crippen LogP contribution >= 0.6 is 23.2 Å². The van der Waals surface area contributed by atoms with Crippen molar-refractivity contribution in [2.24, 2.45) is 11.3 Å². The molecule has 1 aliphatic heterocycles. The summed E-state index contributed by atoms with van der Waals surface area (Å²) in [5.41, 5.74) is 1.72. The van der Waals surface area contributed by atoms with Crippen molar-refractivity contribution in [2.75, 3.05) is 19.8 Å². The van der Waals surface area contributed by atoms with E-state index in [4.69, 9.17) is 33.0 Å². The molecular weight excluding hydrogens is 475 g/mol. The lowest BCUT2D eigenvalue weighted by Crippen LogP contribution is -2.42. The van der Waals surface area contributed by atoms with E-state index in [0.29, 0.717) is 15.8 Å². The van der Waals surface area contributed by atoms with Gasteiger partial charge in [-0.2, -0.15) is 0 Å². The number of hydrogen-bond acceptors (Lipinski definition) is 4. The summed E-state index contributed by atoms with van der Waals surface area (Å²) in [4.78, 5) is 24.7. The SMILES string of the molecule is C[C@H]1NC(=O)[C@]2(C)CC[C@@H](c3ccc(OCC(=O)NCCO)cc3Cl)[C@H](c3ccc(Cl)cc3)[C@H]12. The minimum atomic E-state index is -0.433. The van der Waals surface area contributed by atoms with Gasteiger partial charge in [0.25, 0.3) is 5.91 Å². The summed E-state index contributed by atoms with van der Waals surface area (Å²) in [6, 6.07) is 13.5. The molecule has 0 bridgehead atoms. The second kappa shape index (κ2) is 10.1. The number of ether oxygens (including phenoxy) is 1. The predicted octanol–water partition coefficient (Wildman–Crippen LogP) is 4.28. The van der Waals surface area contributed by atoms with E-state index in [1.54, 1.807) is 6.07 Å². The zero-order chi connectivity index (χ0) is 24.5. The first-order valence-electron chi connectivity index (χ1n) is 11.6. The van der Waals surface area contributed by atoms with E-state index in [-0.39, 0.29) is 55.4 Å². The number of nitrogens with one attached hydrogen (secondary N) is 2. The monoisotopic (exact) mass is 504 g/mol. The maximum Gasteiger partial charge on any atom is 0.258 e. The molecule has 34 heavy (non-hydrogen) atoms. The van der Waals surface area contributed by atoms with Crippen molar-refractivity contribution < 1.29 is 19.4 Å². The summed E-state index contributed by atoms with van der Waals surface area (Å²) in [5, 5.41) is 15.8. The number of fused-ring (bicyclic) bond motifs is 1. The van der Waals surface area contributed by atoms with E-state index < -0.39 is 5.41 Å². The smallest absolute Gasteiger partial charge is 0.258 e. The lowest BCUT2D eigenvalue weighted by molar-refractivity contribution is -0.129. The van der Waals surface area contributed by atoms with Gasteiger partial charge in [-0.3, -0.25) is 9.59 Å². The molecule has 182 valence electrons. The van der Waals surface area contributed by atoms with Crippen molar-refractivity contribution in [3.63, 3.8) is 0 Å².